The van der Waals surface area contributed by atoms with Crippen LogP contribution in [0.5, 0.6) is 0 Å². The van der Waals surface area contributed by atoms with Crippen LogP contribution in [0.15, 0.2) is 65.5 Å². The maximum Gasteiger partial charge on any atom is 0.419 e. The molecular formula is C27H34F4N8O. The van der Waals surface area contributed by atoms with Crippen LogP contribution in [0.25, 0.3) is 5.70 Å². The molecule has 0 fully saturated rings. The average Bonchev–Trinajstić information content (AvgIpc) is 3.12. The summed E-state index contributed by atoms with van der Waals surface area (Å²) in [5, 5.41) is 10.8. The summed E-state index contributed by atoms with van der Waals surface area (Å²) < 4.78 is 58.1. The fraction of sp³-hybridized carbons (Fsp3) is 0.333. The third-order valence-corrected chi connectivity index (χ3v) is 6.56. The molecule has 0 saturated carbocycles. The standard InChI is InChI=1S/C27H34F4N8O/c1-16-6-7-18(12-24(16)39(33)15-22(32)20-14-35-38(5)17(20)2)26(40)36-19-8-9-23(37(4)11-10-34-3)25(28)21(13-19)27(29,30)31/h6-7,9,12-15,34H,8,10-11,32-33H2,1-5H3,(H,36,40)/b22-15-. The van der Waals surface area contributed by atoms with Crippen LogP contribution in [-0.4, -0.2) is 53.9 Å². The molecular weight excluding hydrogens is 528 g/mol. The molecule has 1 amide bonds. The van der Waals surface area contributed by atoms with Gasteiger partial charge < -0.3 is 21.3 Å². The van der Waals surface area contributed by atoms with E-state index in [2.05, 4.69) is 15.7 Å². The third-order valence-electron chi connectivity index (χ3n) is 6.56. The Balaban J connectivity index is 1.88. The first-order chi connectivity index (χ1) is 18.7. The van der Waals surface area contributed by atoms with Gasteiger partial charge in [-0.25, -0.2) is 10.2 Å². The van der Waals surface area contributed by atoms with Gasteiger partial charge in [0, 0.05) is 62.3 Å². The second-order valence-electron chi connectivity index (χ2n) is 9.43. The van der Waals surface area contributed by atoms with Crippen LogP contribution in [0.1, 0.15) is 33.6 Å². The highest BCUT2D eigenvalue weighted by molar-refractivity contribution is 5.96. The maximum atomic E-state index is 15.1. The molecule has 216 valence electrons. The van der Waals surface area contributed by atoms with Crippen molar-refractivity contribution >= 4 is 17.3 Å². The van der Waals surface area contributed by atoms with Gasteiger partial charge in [0.1, 0.15) is 0 Å². The van der Waals surface area contributed by atoms with Crippen LogP contribution >= 0.6 is 0 Å². The normalized spacial score (nSPS) is 14.5. The third kappa shape index (κ3) is 6.90. The van der Waals surface area contributed by atoms with Gasteiger partial charge in [-0.2, -0.15) is 18.3 Å². The van der Waals surface area contributed by atoms with Crippen LogP contribution in [0.3, 0.4) is 0 Å². The number of nitrogens with zero attached hydrogens (tertiary/aromatic N) is 4. The SMILES string of the molecule is CNCCN(C)C1=CCC(NC(=O)c2ccc(C)c(N(N)/C=C(\N)c3cnn(C)c3C)c2)=CC(C(F)(F)F)=C1F. The highest BCUT2D eigenvalue weighted by Gasteiger charge is 2.38. The summed E-state index contributed by atoms with van der Waals surface area (Å²) in [4.78, 5) is 14.5. The van der Waals surface area contributed by atoms with Crippen molar-refractivity contribution in [1.29, 1.82) is 0 Å². The summed E-state index contributed by atoms with van der Waals surface area (Å²) in [6.07, 6.45) is -0.0374. The molecule has 2 aromatic rings. The van der Waals surface area contributed by atoms with E-state index < -0.39 is 23.5 Å². The number of carbonyl (C=O) groups is 1. The van der Waals surface area contributed by atoms with Gasteiger partial charge in [-0.3, -0.25) is 14.5 Å². The molecule has 40 heavy (non-hydrogen) atoms. The Morgan fingerprint density at radius 3 is 2.58 bits per heavy atom. The monoisotopic (exact) mass is 562 g/mol. The number of hydrogen-bond acceptors (Lipinski definition) is 7. The number of likely N-dealkylation sites (N-methyl/N-ethyl adjacent to an activating group) is 2. The molecule has 1 aromatic carbocycles. The lowest BCUT2D eigenvalue weighted by molar-refractivity contribution is -0.0900. The van der Waals surface area contributed by atoms with E-state index in [-0.39, 0.29) is 29.9 Å². The number of amides is 1. The van der Waals surface area contributed by atoms with Crippen molar-refractivity contribution in [2.75, 3.05) is 32.2 Å². The lowest BCUT2D eigenvalue weighted by Crippen LogP contribution is -2.28. The Hall–Kier alpha value is -4.10. The molecule has 0 aliphatic heterocycles. The van der Waals surface area contributed by atoms with Gasteiger partial charge >= 0.3 is 6.18 Å². The fourth-order valence-electron chi connectivity index (χ4n) is 4.07. The molecule has 0 radical (unpaired) electrons. The van der Waals surface area contributed by atoms with E-state index in [0.29, 0.717) is 29.6 Å². The van der Waals surface area contributed by atoms with Gasteiger partial charge in [0.25, 0.3) is 5.91 Å². The van der Waals surface area contributed by atoms with Crippen molar-refractivity contribution in [3.8, 4) is 0 Å². The first kappa shape index (κ1) is 30.4. The quantitative estimate of drug-likeness (QED) is 0.210. The Labute approximate surface area is 230 Å². The summed E-state index contributed by atoms with van der Waals surface area (Å²) in [6.45, 7) is 4.36. The lowest BCUT2D eigenvalue weighted by atomic mass is 10.1. The fourth-order valence-corrected chi connectivity index (χ4v) is 4.07. The number of hydrazine groups is 1. The van der Waals surface area contributed by atoms with E-state index in [1.54, 1.807) is 38.0 Å². The number of aromatic nitrogens is 2. The number of aryl methyl sites for hydroxylation is 2. The van der Waals surface area contributed by atoms with E-state index in [1.807, 2.05) is 6.92 Å². The highest BCUT2D eigenvalue weighted by atomic mass is 19.4. The molecule has 9 nitrogen and oxygen atoms in total. The van der Waals surface area contributed by atoms with Gasteiger partial charge in [-0.05, 0) is 44.7 Å². The molecule has 1 heterocycles. The first-order valence-electron chi connectivity index (χ1n) is 12.4. The topological polar surface area (TPSA) is 117 Å². The molecule has 0 bridgehead atoms. The predicted octanol–water partition coefficient (Wildman–Crippen LogP) is 3.51. The van der Waals surface area contributed by atoms with E-state index in [1.165, 1.54) is 41.4 Å². The Morgan fingerprint density at radius 1 is 1.27 bits per heavy atom. The number of anilines is 1. The van der Waals surface area contributed by atoms with Crippen LogP contribution < -0.4 is 27.2 Å². The van der Waals surface area contributed by atoms with Crippen LogP contribution in [0.4, 0.5) is 23.2 Å². The second-order valence-corrected chi connectivity index (χ2v) is 9.43. The lowest BCUT2D eigenvalue weighted by Gasteiger charge is -2.22. The number of nitrogens with one attached hydrogen (secondary N) is 2. The zero-order valence-corrected chi connectivity index (χ0v) is 23.0. The van der Waals surface area contributed by atoms with E-state index in [0.717, 1.165) is 11.3 Å². The minimum Gasteiger partial charge on any atom is -0.397 e. The number of allylic oxidation sites excluding steroid dienone is 4. The molecule has 6 N–H and O–H groups in total. The van der Waals surface area contributed by atoms with E-state index >= 15 is 4.39 Å². The van der Waals surface area contributed by atoms with Crippen molar-refractivity contribution in [2.24, 2.45) is 18.6 Å². The van der Waals surface area contributed by atoms with Crippen LogP contribution in [-0.2, 0) is 7.05 Å². The Kier molecular flexibility index (Phi) is 9.43. The zero-order chi connectivity index (χ0) is 29.8. The van der Waals surface area contributed by atoms with Gasteiger partial charge in [0.2, 0.25) is 0 Å². The number of hydrogen-bond donors (Lipinski definition) is 4. The number of alkyl halides is 3. The first-order valence-corrected chi connectivity index (χ1v) is 12.4. The molecule has 3 rings (SSSR count). The minimum absolute atomic E-state index is 0.104. The van der Waals surface area contributed by atoms with E-state index in [9.17, 15) is 18.0 Å². The second kappa shape index (κ2) is 12.4. The van der Waals surface area contributed by atoms with Crippen molar-refractivity contribution < 1.29 is 22.4 Å². The van der Waals surface area contributed by atoms with Crippen molar-refractivity contribution in [3.05, 3.63) is 87.9 Å². The molecule has 1 aliphatic rings. The smallest absolute Gasteiger partial charge is 0.397 e. The zero-order valence-electron chi connectivity index (χ0n) is 23.0. The largest absolute Gasteiger partial charge is 0.419 e. The summed E-state index contributed by atoms with van der Waals surface area (Å²) in [5.74, 6) is 4.16. The minimum atomic E-state index is -4.97. The number of rotatable bonds is 9. The maximum absolute atomic E-state index is 15.1. The van der Waals surface area contributed by atoms with Crippen LogP contribution in [0, 0.1) is 13.8 Å². The highest BCUT2D eigenvalue weighted by Crippen LogP contribution is 2.36. The molecule has 13 heteroatoms. The van der Waals surface area contributed by atoms with Gasteiger partial charge in [-0.15, -0.1) is 0 Å². The van der Waals surface area contributed by atoms with Gasteiger partial charge in [-0.1, -0.05) is 12.1 Å². The van der Waals surface area contributed by atoms with E-state index in [4.69, 9.17) is 11.6 Å². The Morgan fingerprint density at radius 2 is 1.98 bits per heavy atom. The summed E-state index contributed by atoms with van der Waals surface area (Å²) >= 11 is 0. The van der Waals surface area contributed by atoms with Crippen molar-refractivity contribution in [3.63, 3.8) is 0 Å². The number of halogens is 4. The number of nitrogens with two attached hydrogens (primary N) is 2. The number of benzene rings is 1. The van der Waals surface area contributed by atoms with Crippen molar-refractivity contribution in [2.45, 2.75) is 26.4 Å². The molecule has 0 saturated heterocycles. The van der Waals surface area contributed by atoms with Crippen molar-refractivity contribution in [1.82, 2.24) is 25.3 Å². The Bertz CT molecular complexity index is 1390. The molecule has 0 atom stereocenters. The average molecular weight is 563 g/mol. The molecule has 1 aromatic heterocycles. The summed E-state index contributed by atoms with van der Waals surface area (Å²) in [5.41, 5.74) is 7.62. The molecule has 1 aliphatic carbocycles. The predicted molar refractivity (Wildman–Crippen MR) is 147 cm³/mol. The molecule has 0 unspecified atom stereocenters. The van der Waals surface area contributed by atoms with Gasteiger partial charge in [0.15, 0.2) is 5.83 Å². The summed E-state index contributed by atoms with van der Waals surface area (Å²) in [7, 11) is 4.97. The van der Waals surface area contributed by atoms with Gasteiger partial charge in [0.05, 0.1) is 28.9 Å². The van der Waals surface area contributed by atoms with Crippen LogP contribution in [0.2, 0.25) is 0 Å². The summed E-state index contributed by atoms with van der Waals surface area (Å²) in [6, 6.07) is 4.67. The number of carbonyl (C=O) groups excluding carboxylic acids is 1. The molecule has 0 spiro atoms.